The standard InChI is InChI=1S/C21H22N2O3/c1-3-14-25-19-9-5-4-8-17(19)11-12-21(24)26-15-18-16(2)22-20-10-6-7-13-23(18)20/h4-13H,3,14-15H2,1-2H3/b12-11+. The number of fused-ring (bicyclic) bond motifs is 1. The number of hydrogen-bond acceptors (Lipinski definition) is 4. The molecule has 0 atom stereocenters. The average Bonchev–Trinajstić information content (AvgIpc) is 2.98. The van der Waals surface area contributed by atoms with Gasteiger partial charge in [-0.15, -0.1) is 0 Å². The fourth-order valence-corrected chi connectivity index (χ4v) is 2.65. The van der Waals surface area contributed by atoms with E-state index < -0.39 is 5.97 Å². The maximum absolute atomic E-state index is 12.1. The molecule has 0 bridgehead atoms. The molecule has 26 heavy (non-hydrogen) atoms. The predicted molar refractivity (Wildman–Crippen MR) is 101 cm³/mol. The minimum Gasteiger partial charge on any atom is -0.493 e. The molecule has 3 rings (SSSR count). The third-order valence-corrected chi connectivity index (χ3v) is 3.96. The lowest BCUT2D eigenvalue weighted by molar-refractivity contribution is -0.139. The largest absolute Gasteiger partial charge is 0.493 e. The van der Waals surface area contributed by atoms with E-state index in [0.717, 1.165) is 34.8 Å². The molecule has 2 aromatic heterocycles. The molecule has 0 amide bonds. The minimum atomic E-state index is -0.402. The molecule has 134 valence electrons. The van der Waals surface area contributed by atoms with E-state index >= 15 is 0 Å². The van der Waals surface area contributed by atoms with Crippen molar-refractivity contribution in [2.75, 3.05) is 6.61 Å². The molecular weight excluding hydrogens is 328 g/mol. The highest BCUT2D eigenvalue weighted by Gasteiger charge is 2.10. The van der Waals surface area contributed by atoms with E-state index in [1.54, 1.807) is 6.08 Å². The van der Waals surface area contributed by atoms with Crippen molar-refractivity contribution in [1.82, 2.24) is 9.38 Å². The summed E-state index contributed by atoms with van der Waals surface area (Å²) in [5.74, 6) is 0.358. The van der Waals surface area contributed by atoms with Crippen LogP contribution in [-0.4, -0.2) is 22.0 Å². The van der Waals surface area contributed by atoms with Gasteiger partial charge in [-0.25, -0.2) is 9.78 Å². The van der Waals surface area contributed by atoms with Crippen LogP contribution in [0.3, 0.4) is 0 Å². The number of benzene rings is 1. The Morgan fingerprint density at radius 1 is 1.19 bits per heavy atom. The number of hydrogen-bond donors (Lipinski definition) is 0. The number of para-hydroxylation sites is 1. The van der Waals surface area contributed by atoms with Crippen LogP contribution in [0.1, 0.15) is 30.3 Å². The first-order valence-corrected chi connectivity index (χ1v) is 8.68. The molecule has 0 spiro atoms. The summed E-state index contributed by atoms with van der Waals surface area (Å²) in [7, 11) is 0. The first kappa shape index (κ1) is 17.7. The highest BCUT2D eigenvalue weighted by molar-refractivity contribution is 5.87. The van der Waals surface area contributed by atoms with Crippen LogP contribution in [0.25, 0.3) is 11.7 Å². The minimum absolute atomic E-state index is 0.175. The van der Waals surface area contributed by atoms with Crippen LogP contribution < -0.4 is 4.74 Å². The number of carbonyl (C=O) groups is 1. The zero-order valence-electron chi connectivity index (χ0n) is 15.0. The molecule has 0 N–H and O–H groups in total. The Morgan fingerprint density at radius 2 is 2.00 bits per heavy atom. The number of imidazole rings is 1. The van der Waals surface area contributed by atoms with E-state index in [0.29, 0.717) is 6.61 Å². The van der Waals surface area contributed by atoms with E-state index in [9.17, 15) is 4.79 Å². The van der Waals surface area contributed by atoms with Crippen molar-refractivity contribution in [3.05, 3.63) is 71.7 Å². The highest BCUT2D eigenvalue weighted by atomic mass is 16.5. The van der Waals surface area contributed by atoms with Crippen molar-refractivity contribution in [3.63, 3.8) is 0 Å². The second-order valence-electron chi connectivity index (χ2n) is 5.90. The number of esters is 1. The van der Waals surface area contributed by atoms with Gasteiger partial charge in [-0.3, -0.25) is 0 Å². The predicted octanol–water partition coefficient (Wildman–Crippen LogP) is 4.19. The number of aromatic nitrogens is 2. The van der Waals surface area contributed by atoms with E-state index in [1.165, 1.54) is 6.08 Å². The van der Waals surface area contributed by atoms with E-state index in [2.05, 4.69) is 11.9 Å². The quantitative estimate of drug-likeness (QED) is 0.474. The molecule has 0 saturated heterocycles. The third kappa shape index (κ3) is 4.11. The highest BCUT2D eigenvalue weighted by Crippen LogP contribution is 2.20. The van der Waals surface area contributed by atoms with Crippen LogP contribution in [0, 0.1) is 6.92 Å². The fourth-order valence-electron chi connectivity index (χ4n) is 2.65. The van der Waals surface area contributed by atoms with E-state index in [4.69, 9.17) is 9.47 Å². The molecule has 5 nitrogen and oxygen atoms in total. The van der Waals surface area contributed by atoms with Gasteiger partial charge >= 0.3 is 5.97 Å². The summed E-state index contributed by atoms with van der Waals surface area (Å²) in [5, 5.41) is 0. The molecule has 0 saturated carbocycles. The van der Waals surface area contributed by atoms with Gasteiger partial charge in [0.05, 0.1) is 18.0 Å². The number of aryl methyl sites for hydroxylation is 1. The van der Waals surface area contributed by atoms with Gasteiger partial charge in [-0.05, 0) is 37.6 Å². The van der Waals surface area contributed by atoms with Crippen LogP contribution >= 0.6 is 0 Å². The van der Waals surface area contributed by atoms with Crippen LogP contribution in [-0.2, 0) is 16.1 Å². The van der Waals surface area contributed by atoms with E-state index in [-0.39, 0.29) is 6.61 Å². The molecule has 1 aromatic carbocycles. The summed E-state index contributed by atoms with van der Waals surface area (Å²) in [6, 6.07) is 13.4. The molecule has 2 heterocycles. The van der Waals surface area contributed by atoms with Crippen LogP contribution in [0.2, 0.25) is 0 Å². The van der Waals surface area contributed by atoms with Gasteiger partial charge in [0.1, 0.15) is 18.0 Å². The molecule has 0 aliphatic rings. The summed E-state index contributed by atoms with van der Waals surface area (Å²) in [6.45, 7) is 4.78. The Labute approximate surface area is 152 Å². The Hall–Kier alpha value is -3.08. The summed E-state index contributed by atoms with van der Waals surface area (Å²) in [4.78, 5) is 16.6. The monoisotopic (exact) mass is 350 g/mol. The first-order chi connectivity index (χ1) is 12.7. The second-order valence-corrected chi connectivity index (χ2v) is 5.90. The number of pyridine rings is 1. The van der Waals surface area contributed by atoms with Crippen molar-refractivity contribution in [1.29, 1.82) is 0 Å². The smallest absolute Gasteiger partial charge is 0.331 e. The number of ether oxygens (including phenoxy) is 2. The van der Waals surface area contributed by atoms with Crippen molar-refractivity contribution in [2.24, 2.45) is 0 Å². The summed E-state index contributed by atoms with van der Waals surface area (Å²) < 4.78 is 13.0. The van der Waals surface area contributed by atoms with Gasteiger partial charge in [0.15, 0.2) is 0 Å². The summed E-state index contributed by atoms with van der Waals surface area (Å²) in [5.41, 5.74) is 3.41. The Balaban J connectivity index is 1.66. The van der Waals surface area contributed by atoms with Gasteiger partial charge in [-0.1, -0.05) is 31.2 Å². The molecule has 0 radical (unpaired) electrons. The zero-order valence-corrected chi connectivity index (χ0v) is 15.0. The van der Waals surface area contributed by atoms with Gasteiger partial charge in [0.25, 0.3) is 0 Å². The van der Waals surface area contributed by atoms with Crippen molar-refractivity contribution in [3.8, 4) is 5.75 Å². The van der Waals surface area contributed by atoms with Gasteiger partial charge < -0.3 is 13.9 Å². The lowest BCUT2D eigenvalue weighted by Gasteiger charge is -2.07. The van der Waals surface area contributed by atoms with Crippen LogP contribution in [0.15, 0.2) is 54.7 Å². The molecule has 3 aromatic rings. The maximum atomic E-state index is 12.1. The maximum Gasteiger partial charge on any atom is 0.331 e. The lowest BCUT2D eigenvalue weighted by atomic mass is 10.2. The Bertz CT molecular complexity index is 928. The lowest BCUT2D eigenvalue weighted by Crippen LogP contribution is -2.04. The first-order valence-electron chi connectivity index (χ1n) is 8.68. The van der Waals surface area contributed by atoms with Crippen LogP contribution in [0.4, 0.5) is 0 Å². The van der Waals surface area contributed by atoms with E-state index in [1.807, 2.05) is 60.0 Å². The van der Waals surface area contributed by atoms with Crippen molar-refractivity contribution in [2.45, 2.75) is 26.9 Å². The molecule has 0 unspecified atom stereocenters. The molecule has 5 heteroatoms. The number of nitrogens with zero attached hydrogens (tertiary/aromatic N) is 2. The van der Waals surface area contributed by atoms with Gasteiger partial charge in [0, 0.05) is 17.8 Å². The molecule has 0 aliphatic carbocycles. The molecular formula is C21H22N2O3. The molecule has 0 fully saturated rings. The molecule has 0 aliphatic heterocycles. The third-order valence-electron chi connectivity index (χ3n) is 3.96. The second kappa shape index (κ2) is 8.34. The van der Waals surface area contributed by atoms with Crippen molar-refractivity contribution < 1.29 is 14.3 Å². The fraction of sp³-hybridized carbons (Fsp3) is 0.238. The zero-order chi connectivity index (χ0) is 18.4. The summed E-state index contributed by atoms with van der Waals surface area (Å²) in [6.07, 6.45) is 5.98. The van der Waals surface area contributed by atoms with Crippen molar-refractivity contribution >= 4 is 17.7 Å². The summed E-state index contributed by atoms with van der Waals surface area (Å²) >= 11 is 0. The topological polar surface area (TPSA) is 52.8 Å². The van der Waals surface area contributed by atoms with Gasteiger partial charge in [-0.2, -0.15) is 0 Å². The SMILES string of the molecule is CCCOc1ccccc1/C=C/C(=O)OCc1c(C)nc2ccccn12. The average molecular weight is 350 g/mol. The Kier molecular flexibility index (Phi) is 5.69. The van der Waals surface area contributed by atoms with Gasteiger partial charge in [0.2, 0.25) is 0 Å². The Morgan fingerprint density at radius 3 is 2.85 bits per heavy atom. The normalized spacial score (nSPS) is 11.2. The van der Waals surface area contributed by atoms with Crippen LogP contribution in [0.5, 0.6) is 5.75 Å². The number of carbonyl (C=O) groups excluding carboxylic acids is 1. The number of rotatable bonds is 7.